The number of rotatable bonds is 6. The van der Waals surface area contributed by atoms with Crippen LogP contribution in [0.2, 0.25) is 0 Å². The molecule has 0 saturated heterocycles. The minimum Gasteiger partial charge on any atom is -0.394 e. The minimum atomic E-state index is -1.35. The first kappa shape index (κ1) is 14.2. The Kier molecular flexibility index (Phi) is 6.23. The fourth-order valence-corrected chi connectivity index (χ4v) is 1.09. The van der Waals surface area contributed by atoms with Crippen LogP contribution in [0.3, 0.4) is 0 Å². The van der Waals surface area contributed by atoms with E-state index in [1.165, 1.54) is 4.90 Å². The summed E-state index contributed by atoms with van der Waals surface area (Å²) >= 11 is 0. The molecule has 0 bridgehead atoms. The number of aliphatic hydroxyl groups excluding tert-OH is 3. The molecular formula is C9H20N2O4. The summed E-state index contributed by atoms with van der Waals surface area (Å²) in [5, 5.41) is 29.4. The van der Waals surface area contributed by atoms with E-state index in [-0.39, 0.29) is 0 Å². The minimum absolute atomic E-state index is 0.405. The standard InChI is InChI=1S/C9H20N2O4/c1-3-11(4-2)8(15)10-9(5-12,6-13)7-14/h12-14H,3-7H2,1-2H3,(H,10,15). The molecule has 2 amide bonds. The van der Waals surface area contributed by atoms with Crippen molar-refractivity contribution >= 4 is 6.03 Å². The highest BCUT2D eigenvalue weighted by atomic mass is 16.3. The molecule has 0 aromatic rings. The third-order valence-electron chi connectivity index (χ3n) is 2.33. The summed E-state index contributed by atoms with van der Waals surface area (Å²) in [4.78, 5) is 13.1. The van der Waals surface area contributed by atoms with E-state index < -0.39 is 31.4 Å². The van der Waals surface area contributed by atoms with Crippen molar-refractivity contribution in [3.05, 3.63) is 0 Å². The third-order valence-corrected chi connectivity index (χ3v) is 2.33. The molecular weight excluding hydrogens is 200 g/mol. The zero-order valence-electron chi connectivity index (χ0n) is 9.23. The van der Waals surface area contributed by atoms with Crippen molar-refractivity contribution in [1.82, 2.24) is 10.2 Å². The Hall–Kier alpha value is -0.850. The quantitative estimate of drug-likeness (QED) is 0.450. The van der Waals surface area contributed by atoms with Crippen LogP contribution >= 0.6 is 0 Å². The molecule has 6 heteroatoms. The molecule has 0 heterocycles. The topological polar surface area (TPSA) is 93.0 Å². The Morgan fingerprint density at radius 3 is 1.80 bits per heavy atom. The van der Waals surface area contributed by atoms with Gasteiger partial charge in [0.05, 0.1) is 19.8 Å². The zero-order chi connectivity index (χ0) is 11.9. The molecule has 0 atom stereocenters. The van der Waals surface area contributed by atoms with Gasteiger partial charge in [-0.05, 0) is 13.8 Å². The molecule has 0 aromatic heterocycles. The molecule has 0 saturated carbocycles. The van der Waals surface area contributed by atoms with Gasteiger partial charge in [-0.15, -0.1) is 0 Å². The molecule has 0 aliphatic rings. The number of hydrogen-bond donors (Lipinski definition) is 4. The van der Waals surface area contributed by atoms with Gasteiger partial charge in [-0.25, -0.2) is 4.79 Å². The summed E-state index contributed by atoms with van der Waals surface area (Å²) in [6, 6.07) is -0.405. The molecule has 90 valence electrons. The Morgan fingerprint density at radius 2 is 1.53 bits per heavy atom. The van der Waals surface area contributed by atoms with Gasteiger partial charge < -0.3 is 25.5 Å². The first-order valence-electron chi connectivity index (χ1n) is 4.98. The summed E-state index contributed by atoms with van der Waals surface area (Å²) in [6.07, 6.45) is 0. The summed E-state index contributed by atoms with van der Waals surface area (Å²) < 4.78 is 0. The van der Waals surface area contributed by atoms with Gasteiger partial charge >= 0.3 is 6.03 Å². The van der Waals surface area contributed by atoms with Crippen LogP contribution in [0.15, 0.2) is 0 Å². The lowest BCUT2D eigenvalue weighted by Crippen LogP contribution is -2.59. The number of aliphatic hydroxyl groups is 3. The number of carbonyl (C=O) groups excluding carboxylic acids is 1. The van der Waals surface area contributed by atoms with Crippen LogP contribution in [0.1, 0.15) is 13.8 Å². The van der Waals surface area contributed by atoms with E-state index in [0.29, 0.717) is 13.1 Å². The predicted molar refractivity (Wildman–Crippen MR) is 55.4 cm³/mol. The van der Waals surface area contributed by atoms with Crippen LogP contribution in [0.5, 0.6) is 0 Å². The van der Waals surface area contributed by atoms with Crippen LogP contribution < -0.4 is 5.32 Å². The van der Waals surface area contributed by atoms with Gasteiger partial charge in [0, 0.05) is 13.1 Å². The maximum atomic E-state index is 11.6. The lowest BCUT2D eigenvalue weighted by molar-refractivity contribution is 0.0452. The van der Waals surface area contributed by atoms with Crippen molar-refractivity contribution in [2.24, 2.45) is 0 Å². The Bertz CT molecular complexity index is 182. The van der Waals surface area contributed by atoms with E-state index in [4.69, 9.17) is 15.3 Å². The fourth-order valence-electron chi connectivity index (χ4n) is 1.09. The first-order valence-corrected chi connectivity index (χ1v) is 4.98. The van der Waals surface area contributed by atoms with Crippen molar-refractivity contribution < 1.29 is 20.1 Å². The predicted octanol–water partition coefficient (Wildman–Crippen LogP) is -1.25. The Labute approximate surface area is 89.5 Å². The molecule has 6 nitrogen and oxygen atoms in total. The van der Waals surface area contributed by atoms with Crippen LogP contribution in [0.25, 0.3) is 0 Å². The highest BCUT2D eigenvalue weighted by molar-refractivity contribution is 5.75. The Morgan fingerprint density at radius 1 is 1.13 bits per heavy atom. The number of nitrogens with one attached hydrogen (secondary N) is 1. The van der Waals surface area contributed by atoms with Crippen LogP contribution in [-0.4, -0.2) is 64.7 Å². The smallest absolute Gasteiger partial charge is 0.318 e. The van der Waals surface area contributed by atoms with Crippen molar-refractivity contribution in [3.8, 4) is 0 Å². The number of hydrogen-bond acceptors (Lipinski definition) is 4. The van der Waals surface area contributed by atoms with Gasteiger partial charge in [0.25, 0.3) is 0 Å². The zero-order valence-corrected chi connectivity index (χ0v) is 9.23. The molecule has 0 fully saturated rings. The van der Waals surface area contributed by atoms with E-state index in [9.17, 15) is 4.79 Å². The first-order chi connectivity index (χ1) is 7.09. The molecule has 0 radical (unpaired) electrons. The Balaban J connectivity index is 4.46. The largest absolute Gasteiger partial charge is 0.394 e. The highest BCUT2D eigenvalue weighted by Crippen LogP contribution is 2.03. The van der Waals surface area contributed by atoms with E-state index in [0.717, 1.165) is 0 Å². The van der Waals surface area contributed by atoms with Gasteiger partial charge in [-0.3, -0.25) is 0 Å². The summed E-state index contributed by atoms with van der Waals surface area (Å²) in [7, 11) is 0. The number of carbonyl (C=O) groups is 1. The van der Waals surface area contributed by atoms with Gasteiger partial charge in [0.15, 0.2) is 0 Å². The molecule has 15 heavy (non-hydrogen) atoms. The summed E-state index contributed by atoms with van der Waals surface area (Å²) in [5.74, 6) is 0. The van der Waals surface area contributed by atoms with E-state index in [2.05, 4.69) is 5.32 Å². The molecule has 0 unspecified atom stereocenters. The second kappa shape index (κ2) is 6.60. The van der Waals surface area contributed by atoms with Crippen LogP contribution in [0, 0.1) is 0 Å². The maximum Gasteiger partial charge on any atom is 0.318 e. The third kappa shape index (κ3) is 3.65. The lowest BCUT2D eigenvalue weighted by Gasteiger charge is -2.31. The van der Waals surface area contributed by atoms with Crippen LogP contribution in [0.4, 0.5) is 4.79 Å². The highest BCUT2D eigenvalue weighted by Gasteiger charge is 2.31. The molecule has 0 spiro atoms. The van der Waals surface area contributed by atoms with Gasteiger partial charge in [-0.2, -0.15) is 0 Å². The van der Waals surface area contributed by atoms with Gasteiger partial charge in [0.2, 0.25) is 0 Å². The average molecular weight is 220 g/mol. The number of amides is 2. The molecule has 0 aliphatic carbocycles. The SMILES string of the molecule is CCN(CC)C(=O)NC(CO)(CO)CO. The van der Waals surface area contributed by atoms with Gasteiger partial charge in [-0.1, -0.05) is 0 Å². The molecule has 0 rings (SSSR count). The van der Waals surface area contributed by atoms with Crippen molar-refractivity contribution in [2.75, 3.05) is 32.9 Å². The average Bonchev–Trinajstić information content (AvgIpc) is 2.28. The van der Waals surface area contributed by atoms with Crippen molar-refractivity contribution in [3.63, 3.8) is 0 Å². The molecule has 0 aromatic carbocycles. The number of urea groups is 1. The van der Waals surface area contributed by atoms with Crippen molar-refractivity contribution in [1.29, 1.82) is 0 Å². The maximum absolute atomic E-state index is 11.6. The van der Waals surface area contributed by atoms with E-state index >= 15 is 0 Å². The van der Waals surface area contributed by atoms with E-state index in [1.807, 2.05) is 13.8 Å². The monoisotopic (exact) mass is 220 g/mol. The number of nitrogens with zero attached hydrogens (tertiary/aromatic N) is 1. The second-order valence-corrected chi connectivity index (χ2v) is 3.36. The summed E-state index contributed by atoms with van der Waals surface area (Å²) in [5.41, 5.74) is -1.35. The van der Waals surface area contributed by atoms with Crippen LogP contribution in [-0.2, 0) is 0 Å². The summed E-state index contributed by atoms with van der Waals surface area (Å²) in [6.45, 7) is 3.18. The molecule has 4 N–H and O–H groups in total. The van der Waals surface area contributed by atoms with E-state index in [1.54, 1.807) is 0 Å². The lowest BCUT2D eigenvalue weighted by atomic mass is 10.0. The van der Waals surface area contributed by atoms with Crippen molar-refractivity contribution in [2.45, 2.75) is 19.4 Å². The fraction of sp³-hybridized carbons (Fsp3) is 0.889. The van der Waals surface area contributed by atoms with Gasteiger partial charge in [0.1, 0.15) is 5.54 Å². The molecule has 0 aliphatic heterocycles. The normalized spacial score (nSPS) is 11.3. The second-order valence-electron chi connectivity index (χ2n) is 3.36.